The topological polar surface area (TPSA) is 64.1 Å². The van der Waals surface area contributed by atoms with E-state index in [4.69, 9.17) is 0 Å². The molecular weight excluding hydrogens is 206 g/mol. The van der Waals surface area contributed by atoms with E-state index in [9.17, 15) is 4.79 Å². The summed E-state index contributed by atoms with van der Waals surface area (Å²) in [5, 5.41) is 3.26. The van der Waals surface area contributed by atoms with Gasteiger partial charge in [0.25, 0.3) is 0 Å². The molecule has 1 heterocycles. The van der Waals surface area contributed by atoms with Crippen LogP contribution in [0.4, 0.5) is 5.82 Å². The van der Waals surface area contributed by atoms with Gasteiger partial charge in [0.1, 0.15) is 5.82 Å². The van der Waals surface area contributed by atoms with Crippen LogP contribution in [0.3, 0.4) is 0 Å². The van der Waals surface area contributed by atoms with E-state index in [-0.39, 0.29) is 5.69 Å². The molecule has 5 nitrogen and oxygen atoms in total. The highest BCUT2D eigenvalue weighted by atomic mass is 16.5. The van der Waals surface area contributed by atoms with Crippen molar-refractivity contribution in [1.82, 2.24) is 9.97 Å². The average molecular weight is 221 g/mol. The smallest absolute Gasteiger partial charge is 0.358 e. The van der Waals surface area contributed by atoms with Crippen molar-refractivity contribution in [3.8, 4) is 0 Å². The Kier molecular flexibility index (Phi) is 3.03. The Morgan fingerprint density at radius 1 is 1.50 bits per heavy atom. The van der Waals surface area contributed by atoms with E-state index in [1.54, 1.807) is 6.20 Å². The van der Waals surface area contributed by atoms with Crippen molar-refractivity contribution in [3.05, 3.63) is 18.1 Å². The molecule has 86 valence electrons. The highest BCUT2D eigenvalue weighted by molar-refractivity contribution is 5.86. The number of carbonyl (C=O) groups is 1. The van der Waals surface area contributed by atoms with E-state index in [0.717, 1.165) is 5.92 Å². The predicted molar refractivity (Wildman–Crippen MR) is 59.2 cm³/mol. The van der Waals surface area contributed by atoms with Crippen molar-refractivity contribution in [2.75, 3.05) is 12.4 Å². The quantitative estimate of drug-likeness (QED) is 0.780. The monoisotopic (exact) mass is 221 g/mol. The zero-order chi connectivity index (χ0) is 11.5. The van der Waals surface area contributed by atoms with E-state index in [1.165, 1.54) is 26.1 Å². The molecule has 0 spiro atoms. The van der Waals surface area contributed by atoms with Gasteiger partial charge < -0.3 is 10.1 Å². The van der Waals surface area contributed by atoms with Gasteiger partial charge in [0, 0.05) is 6.04 Å². The highest BCUT2D eigenvalue weighted by Gasteiger charge is 2.27. The van der Waals surface area contributed by atoms with Crippen molar-refractivity contribution in [3.63, 3.8) is 0 Å². The average Bonchev–Trinajstić information content (AvgIpc) is 3.13. The first-order valence-electron chi connectivity index (χ1n) is 5.37. The summed E-state index contributed by atoms with van der Waals surface area (Å²) in [5.41, 5.74) is 0.229. The van der Waals surface area contributed by atoms with Crippen molar-refractivity contribution in [1.29, 1.82) is 0 Å². The second kappa shape index (κ2) is 4.47. The molecule has 1 N–H and O–H groups in total. The van der Waals surface area contributed by atoms with Crippen LogP contribution >= 0.6 is 0 Å². The Balaban J connectivity index is 1.98. The first-order valence-corrected chi connectivity index (χ1v) is 5.37. The summed E-state index contributed by atoms with van der Waals surface area (Å²) in [6.07, 6.45) is 5.54. The maximum atomic E-state index is 11.1. The predicted octanol–water partition coefficient (Wildman–Crippen LogP) is 1.47. The van der Waals surface area contributed by atoms with Gasteiger partial charge in [-0.05, 0) is 25.7 Å². The van der Waals surface area contributed by atoms with Crippen molar-refractivity contribution in [2.24, 2.45) is 5.92 Å². The number of ether oxygens (including phenoxy) is 1. The zero-order valence-corrected chi connectivity index (χ0v) is 9.43. The Morgan fingerprint density at radius 3 is 2.75 bits per heavy atom. The molecule has 0 amide bonds. The summed E-state index contributed by atoms with van der Waals surface area (Å²) in [7, 11) is 1.32. The molecule has 0 saturated heterocycles. The summed E-state index contributed by atoms with van der Waals surface area (Å²) in [4.78, 5) is 19.2. The molecule has 1 aromatic rings. The van der Waals surface area contributed by atoms with Gasteiger partial charge >= 0.3 is 5.97 Å². The van der Waals surface area contributed by atoms with Gasteiger partial charge in [-0.1, -0.05) is 0 Å². The summed E-state index contributed by atoms with van der Waals surface area (Å²) in [6, 6.07) is 0.415. The first-order chi connectivity index (χ1) is 7.70. The molecule has 0 radical (unpaired) electrons. The third-order valence-corrected chi connectivity index (χ3v) is 2.75. The summed E-state index contributed by atoms with van der Waals surface area (Å²) in [6.45, 7) is 2.13. The lowest BCUT2D eigenvalue weighted by Crippen LogP contribution is -2.18. The molecule has 2 rings (SSSR count). The van der Waals surface area contributed by atoms with Crippen LogP contribution in [0.25, 0.3) is 0 Å². The maximum absolute atomic E-state index is 11.1. The van der Waals surface area contributed by atoms with Crippen LogP contribution < -0.4 is 5.32 Å². The third-order valence-electron chi connectivity index (χ3n) is 2.75. The molecule has 1 atom stereocenters. The number of rotatable bonds is 4. The van der Waals surface area contributed by atoms with Crippen LogP contribution in [0.5, 0.6) is 0 Å². The van der Waals surface area contributed by atoms with Crippen LogP contribution in [-0.4, -0.2) is 29.1 Å². The normalized spacial score (nSPS) is 16.6. The number of hydrogen-bond acceptors (Lipinski definition) is 5. The zero-order valence-electron chi connectivity index (χ0n) is 9.43. The third kappa shape index (κ3) is 2.48. The maximum Gasteiger partial charge on any atom is 0.358 e. The van der Waals surface area contributed by atoms with Gasteiger partial charge in [-0.2, -0.15) is 0 Å². The molecule has 1 unspecified atom stereocenters. The molecule has 1 aliphatic rings. The number of esters is 1. The van der Waals surface area contributed by atoms with Gasteiger partial charge in [-0.3, -0.25) is 0 Å². The minimum atomic E-state index is -0.464. The fourth-order valence-corrected chi connectivity index (χ4v) is 1.56. The fourth-order valence-electron chi connectivity index (χ4n) is 1.56. The van der Waals surface area contributed by atoms with Gasteiger partial charge in [-0.15, -0.1) is 0 Å². The molecule has 16 heavy (non-hydrogen) atoms. The molecule has 1 saturated carbocycles. The van der Waals surface area contributed by atoms with E-state index in [0.29, 0.717) is 11.9 Å². The lowest BCUT2D eigenvalue weighted by molar-refractivity contribution is 0.0593. The van der Waals surface area contributed by atoms with Gasteiger partial charge in [-0.25, -0.2) is 14.8 Å². The number of nitrogens with one attached hydrogen (secondary N) is 1. The standard InChI is InChI=1S/C11H15N3O2/c1-7(8-3-4-8)14-10-6-12-9(5-13-10)11(15)16-2/h5-8H,3-4H2,1-2H3,(H,13,14). The Morgan fingerprint density at radius 2 is 2.25 bits per heavy atom. The van der Waals surface area contributed by atoms with Crippen LogP contribution in [0, 0.1) is 5.92 Å². The Bertz CT molecular complexity index is 373. The molecular formula is C11H15N3O2. The number of methoxy groups -OCH3 is 1. The fraction of sp³-hybridized carbons (Fsp3) is 0.545. The van der Waals surface area contributed by atoms with Crippen molar-refractivity contribution < 1.29 is 9.53 Å². The van der Waals surface area contributed by atoms with E-state index >= 15 is 0 Å². The van der Waals surface area contributed by atoms with Crippen LogP contribution in [0.2, 0.25) is 0 Å². The van der Waals surface area contributed by atoms with Gasteiger partial charge in [0.05, 0.1) is 19.5 Å². The molecule has 1 aromatic heterocycles. The largest absolute Gasteiger partial charge is 0.464 e. The summed E-state index contributed by atoms with van der Waals surface area (Å²) < 4.78 is 4.54. The summed E-state index contributed by atoms with van der Waals surface area (Å²) in [5.74, 6) is 0.989. The number of aromatic nitrogens is 2. The van der Waals surface area contributed by atoms with Gasteiger partial charge in [0.2, 0.25) is 0 Å². The second-order valence-electron chi connectivity index (χ2n) is 4.05. The highest BCUT2D eigenvalue weighted by Crippen LogP contribution is 2.33. The van der Waals surface area contributed by atoms with E-state index in [1.807, 2.05) is 0 Å². The first kappa shape index (κ1) is 10.9. The van der Waals surface area contributed by atoms with Crippen molar-refractivity contribution in [2.45, 2.75) is 25.8 Å². The minimum absolute atomic E-state index is 0.229. The molecule has 5 heteroatoms. The van der Waals surface area contributed by atoms with E-state index in [2.05, 4.69) is 26.9 Å². The molecule has 1 fully saturated rings. The SMILES string of the molecule is COC(=O)c1cnc(NC(C)C2CC2)cn1. The van der Waals surface area contributed by atoms with E-state index < -0.39 is 5.97 Å². The summed E-state index contributed by atoms with van der Waals surface area (Å²) >= 11 is 0. The molecule has 0 bridgehead atoms. The van der Waals surface area contributed by atoms with Crippen LogP contribution in [0.15, 0.2) is 12.4 Å². The number of anilines is 1. The van der Waals surface area contributed by atoms with Crippen LogP contribution in [0.1, 0.15) is 30.3 Å². The lowest BCUT2D eigenvalue weighted by Gasteiger charge is -2.12. The molecule has 0 aliphatic heterocycles. The second-order valence-corrected chi connectivity index (χ2v) is 4.05. The Hall–Kier alpha value is -1.65. The number of hydrogen-bond donors (Lipinski definition) is 1. The Labute approximate surface area is 94.2 Å². The lowest BCUT2D eigenvalue weighted by atomic mass is 10.2. The van der Waals surface area contributed by atoms with Crippen LogP contribution in [-0.2, 0) is 4.74 Å². The molecule has 0 aromatic carbocycles. The number of nitrogens with zero attached hydrogens (tertiary/aromatic N) is 2. The van der Waals surface area contributed by atoms with Crippen molar-refractivity contribution >= 4 is 11.8 Å². The molecule has 1 aliphatic carbocycles. The van der Waals surface area contributed by atoms with Gasteiger partial charge in [0.15, 0.2) is 5.69 Å². The minimum Gasteiger partial charge on any atom is -0.464 e. The number of carbonyl (C=O) groups excluding carboxylic acids is 1.